The van der Waals surface area contributed by atoms with E-state index in [4.69, 9.17) is 9.72 Å². The monoisotopic (exact) mass is 297 g/mol. The lowest BCUT2D eigenvalue weighted by Gasteiger charge is -2.26. The SMILES string of the molecule is COCc1nc(N(C)CC(C)(C)C)sc1CNC1CC1. The predicted octanol–water partition coefficient (Wildman–Crippen LogP) is 3.02. The van der Waals surface area contributed by atoms with Gasteiger partial charge in [0.2, 0.25) is 0 Å². The van der Waals surface area contributed by atoms with Crippen LogP contribution in [0.2, 0.25) is 0 Å². The molecule has 1 aromatic rings. The summed E-state index contributed by atoms with van der Waals surface area (Å²) in [5.41, 5.74) is 1.36. The van der Waals surface area contributed by atoms with Crippen molar-refractivity contribution in [3.63, 3.8) is 0 Å². The Labute approximate surface area is 126 Å². The lowest BCUT2D eigenvalue weighted by Crippen LogP contribution is -2.28. The van der Waals surface area contributed by atoms with Crippen molar-refractivity contribution in [1.82, 2.24) is 10.3 Å². The van der Waals surface area contributed by atoms with Crippen LogP contribution >= 0.6 is 11.3 Å². The molecule has 0 unspecified atom stereocenters. The van der Waals surface area contributed by atoms with Crippen molar-refractivity contribution >= 4 is 16.5 Å². The second-order valence-corrected chi connectivity index (χ2v) is 7.93. The van der Waals surface area contributed by atoms with Crippen molar-refractivity contribution in [2.75, 3.05) is 25.6 Å². The quantitative estimate of drug-likeness (QED) is 0.839. The van der Waals surface area contributed by atoms with Crippen LogP contribution in [-0.2, 0) is 17.9 Å². The number of rotatable bonds is 7. The molecule has 0 bridgehead atoms. The van der Waals surface area contributed by atoms with E-state index >= 15 is 0 Å². The molecule has 1 aliphatic carbocycles. The van der Waals surface area contributed by atoms with Gasteiger partial charge in [0.25, 0.3) is 0 Å². The molecule has 4 nitrogen and oxygen atoms in total. The molecule has 0 amide bonds. The highest BCUT2D eigenvalue weighted by Crippen LogP contribution is 2.29. The summed E-state index contributed by atoms with van der Waals surface area (Å²) in [5.74, 6) is 0. The number of anilines is 1. The molecule has 1 aromatic heterocycles. The molecule has 0 spiro atoms. The molecule has 0 radical (unpaired) electrons. The number of aromatic nitrogens is 1. The topological polar surface area (TPSA) is 37.4 Å². The van der Waals surface area contributed by atoms with Gasteiger partial charge < -0.3 is 15.0 Å². The van der Waals surface area contributed by atoms with Crippen LogP contribution in [0.5, 0.6) is 0 Å². The smallest absolute Gasteiger partial charge is 0.185 e. The second kappa shape index (κ2) is 6.41. The fraction of sp³-hybridized carbons (Fsp3) is 0.800. The van der Waals surface area contributed by atoms with E-state index in [2.05, 4.69) is 38.0 Å². The highest BCUT2D eigenvalue weighted by Gasteiger charge is 2.23. The van der Waals surface area contributed by atoms with Crippen molar-refractivity contribution in [2.45, 2.75) is 52.8 Å². The number of thiazole rings is 1. The van der Waals surface area contributed by atoms with Gasteiger partial charge in [0.1, 0.15) is 0 Å². The van der Waals surface area contributed by atoms with Gasteiger partial charge in [0.05, 0.1) is 12.3 Å². The first kappa shape index (κ1) is 15.7. The predicted molar refractivity (Wildman–Crippen MR) is 85.4 cm³/mol. The Kier molecular flexibility index (Phi) is 5.04. The third-order valence-corrected chi connectivity index (χ3v) is 4.43. The molecule has 1 N–H and O–H groups in total. The van der Waals surface area contributed by atoms with Crippen molar-refractivity contribution in [3.8, 4) is 0 Å². The van der Waals surface area contributed by atoms with E-state index in [0.717, 1.165) is 30.0 Å². The summed E-state index contributed by atoms with van der Waals surface area (Å²) in [4.78, 5) is 8.33. The Balaban J connectivity index is 2.05. The zero-order valence-corrected chi connectivity index (χ0v) is 14.1. The van der Waals surface area contributed by atoms with E-state index in [1.165, 1.54) is 17.7 Å². The van der Waals surface area contributed by atoms with E-state index in [1.54, 1.807) is 18.4 Å². The molecule has 0 aromatic carbocycles. The normalized spacial score (nSPS) is 15.7. The maximum Gasteiger partial charge on any atom is 0.185 e. The average Bonchev–Trinajstić information content (AvgIpc) is 3.07. The number of hydrogen-bond donors (Lipinski definition) is 1. The summed E-state index contributed by atoms with van der Waals surface area (Å²) in [5, 5.41) is 4.67. The van der Waals surface area contributed by atoms with Gasteiger partial charge >= 0.3 is 0 Å². The summed E-state index contributed by atoms with van der Waals surface area (Å²) < 4.78 is 5.28. The van der Waals surface area contributed by atoms with Crippen molar-refractivity contribution in [1.29, 1.82) is 0 Å². The third kappa shape index (κ3) is 4.72. The number of nitrogens with one attached hydrogen (secondary N) is 1. The Morgan fingerprint density at radius 2 is 2.10 bits per heavy atom. The molecule has 0 saturated heterocycles. The Morgan fingerprint density at radius 3 is 2.65 bits per heavy atom. The first-order valence-electron chi connectivity index (χ1n) is 7.31. The van der Waals surface area contributed by atoms with Crippen LogP contribution in [0.25, 0.3) is 0 Å². The summed E-state index contributed by atoms with van der Waals surface area (Å²) in [6.45, 7) is 9.28. The van der Waals surface area contributed by atoms with Crippen molar-refractivity contribution in [3.05, 3.63) is 10.6 Å². The van der Waals surface area contributed by atoms with Gasteiger partial charge in [-0.15, -0.1) is 11.3 Å². The molecule has 2 rings (SSSR count). The fourth-order valence-electron chi connectivity index (χ4n) is 2.22. The highest BCUT2D eigenvalue weighted by atomic mass is 32.1. The van der Waals surface area contributed by atoms with Gasteiger partial charge in [-0.2, -0.15) is 0 Å². The van der Waals surface area contributed by atoms with Gasteiger partial charge in [-0.3, -0.25) is 0 Å². The maximum atomic E-state index is 5.28. The lowest BCUT2D eigenvalue weighted by molar-refractivity contribution is 0.181. The Bertz CT molecular complexity index is 435. The molecule has 0 aliphatic heterocycles. The number of methoxy groups -OCH3 is 1. The molecule has 5 heteroatoms. The minimum Gasteiger partial charge on any atom is -0.378 e. The minimum absolute atomic E-state index is 0.272. The van der Waals surface area contributed by atoms with Gasteiger partial charge in [-0.05, 0) is 18.3 Å². The van der Waals surface area contributed by atoms with Gasteiger partial charge in [0, 0.05) is 38.2 Å². The minimum atomic E-state index is 0.272. The van der Waals surface area contributed by atoms with Crippen molar-refractivity contribution < 1.29 is 4.74 Å². The summed E-state index contributed by atoms with van der Waals surface area (Å²) >= 11 is 1.79. The zero-order valence-electron chi connectivity index (χ0n) is 13.3. The van der Waals surface area contributed by atoms with Crippen LogP contribution in [0, 0.1) is 5.41 Å². The largest absolute Gasteiger partial charge is 0.378 e. The first-order valence-corrected chi connectivity index (χ1v) is 8.13. The van der Waals surface area contributed by atoms with E-state index in [0.29, 0.717) is 6.61 Å². The molecule has 1 aliphatic rings. The van der Waals surface area contributed by atoms with Gasteiger partial charge in [0.15, 0.2) is 5.13 Å². The number of nitrogens with zero attached hydrogens (tertiary/aromatic N) is 2. The van der Waals surface area contributed by atoms with Crippen LogP contribution in [-0.4, -0.2) is 31.7 Å². The summed E-state index contributed by atoms with van der Waals surface area (Å²) in [6, 6.07) is 0.725. The van der Waals surface area contributed by atoms with Crippen LogP contribution in [0.1, 0.15) is 44.2 Å². The lowest BCUT2D eigenvalue weighted by atomic mass is 9.96. The highest BCUT2D eigenvalue weighted by molar-refractivity contribution is 7.15. The molecular weight excluding hydrogens is 270 g/mol. The van der Waals surface area contributed by atoms with E-state index in [-0.39, 0.29) is 5.41 Å². The standard InChI is InChI=1S/C15H27N3OS/c1-15(2,3)10-18(4)14-17-12(9-19-5)13(20-14)8-16-11-6-7-11/h11,16H,6-10H2,1-5H3. The molecular formula is C15H27N3OS. The molecule has 1 heterocycles. The van der Waals surface area contributed by atoms with Gasteiger partial charge in [-0.25, -0.2) is 4.98 Å². The second-order valence-electron chi connectivity index (χ2n) is 6.87. The third-order valence-electron chi connectivity index (χ3n) is 3.21. The maximum absolute atomic E-state index is 5.28. The molecule has 0 atom stereocenters. The number of hydrogen-bond acceptors (Lipinski definition) is 5. The first-order chi connectivity index (χ1) is 9.39. The summed E-state index contributed by atoms with van der Waals surface area (Å²) in [6.07, 6.45) is 2.63. The Morgan fingerprint density at radius 1 is 1.40 bits per heavy atom. The van der Waals surface area contributed by atoms with Gasteiger partial charge in [-0.1, -0.05) is 20.8 Å². The molecule has 1 fully saturated rings. The van der Waals surface area contributed by atoms with Crippen LogP contribution < -0.4 is 10.2 Å². The van der Waals surface area contributed by atoms with E-state index in [9.17, 15) is 0 Å². The molecule has 20 heavy (non-hydrogen) atoms. The van der Waals surface area contributed by atoms with Crippen LogP contribution in [0.3, 0.4) is 0 Å². The van der Waals surface area contributed by atoms with Crippen LogP contribution in [0.4, 0.5) is 5.13 Å². The molecule has 114 valence electrons. The number of ether oxygens (including phenoxy) is 1. The average molecular weight is 297 g/mol. The zero-order chi connectivity index (χ0) is 14.8. The van der Waals surface area contributed by atoms with E-state index in [1.807, 2.05) is 0 Å². The van der Waals surface area contributed by atoms with Crippen LogP contribution in [0.15, 0.2) is 0 Å². The van der Waals surface area contributed by atoms with E-state index < -0.39 is 0 Å². The molecule has 1 saturated carbocycles. The Hall–Kier alpha value is -0.650. The summed E-state index contributed by atoms with van der Waals surface area (Å²) in [7, 11) is 3.86. The van der Waals surface area contributed by atoms with Crippen molar-refractivity contribution in [2.24, 2.45) is 5.41 Å². The fourth-order valence-corrected chi connectivity index (χ4v) is 3.20.